The zero-order valence-electron chi connectivity index (χ0n) is 29.7. The largest absolute Gasteiger partial charge is 0.394 e. The van der Waals surface area contributed by atoms with Gasteiger partial charge in [-0.3, -0.25) is 9.36 Å². The van der Waals surface area contributed by atoms with Crippen molar-refractivity contribution in [2.75, 3.05) is 43.0 Å². The number of ether oxygens (including phenoxy) is 1. The number of imidazole rings is 1. The van der Waals surface area contributed by atoms with Crippen LogP contribution in [-0.4, -0.2) is 103 Å². The first kappa shape index (κ1) is 35.2. The van der Waals surface area contributed by atoms with Gasteiger partial charge >= 0.3 is 0 Å². The predicted molar refractivity (Wildman–Crippen MR) is 201 cm³/mol. The minimum atomic E-state index is -1.31. The van der Waals surface area contributed by atoms with Crippen molar-refractivity contribution in [3.05, 3.63) is 114 Å². The molecule has 3 aliphatic rings. The van der Waals surface area contributed by atoms with Crippen LogP contribution >= 0.6 is 0 Å². The minimum Gasteiger partial charge on any atom is -0.394 e. The third kappa shape index (κ3) is 7.24. The Bertz CT molecular complexity index is 1930. The normalized spacial score (nSPS) is 23.7. The minimum absolute atomic E-state index is 0.000621. The van der Waals surface area contributed by atoms with Crippen LogP contribution in [-0.2, 0) is 16.0 Å². The molecule has 5 atom stereocenters. The van der Waals surface area contributed by atoms with Gasteiger partial charge in [0.05, 0.1) is 12.9 Å². The van der Waals surface area contributed by atoms with E-state index in [2.05, 4.69) is 58.8 Å². The standard InChI is InChI=1S/C41H47N7O5/c49-25-33-35(50)36(51)40(53-33)48-26-43-34-37(42-24-31(29-13-6-2-7-14-29)30-15-8-3-9-16-30)44-41(45-38(34)48)47-20-10-17-32(47)39(52)46-21-18-28(19-22-46)23-27-11-4-1-5-12-27/h1-9,11-16,26,28,31-33,35-36,40,49-51H,10,17-25H2,(H,42,44,45)/t32-,33+,35+,36+,40+/m0/s1. The molecule has 12 nitrogen and oxygen atoms in total. The zero-order valence-corrected chi connectivity index (χ0v) is 29.7. The second kappa shape index (κ2) is 15.6. The number of nitrogens with zero attached hydrogens (tertiary/aromatic N) is 6. The van der Waals surface area contributed by atoms with Crippen molar-refractivity contribution in [1.82, 2.24) is 24.4 Å². The SMILES string of the molecule is O=C([C@@H]1CCCN1c1nc(NCC(c2ccccc2)c2ccccc2)c2ncn([C@@H]3O[C@H](CO)[C@@H](O)[C@H]3O)c2n1)N1CCC(Cc2ccccc2)CC1. The molecule has 4 N–H and O–H groups in total. The Labute approximate surface area is 309 Å². The highest BCUT2D eigenvalue weighted by molar-refractivity contribution is 5.88. The van der Waals surface area contributed by atoms with Crippen LogP contribution in [0.4, 0.5) is 11.8 Å². The van der Waals surface area contributed by atoms with Crippen molar-refractivity contribution in [2.24, 2.45) is 5.92 Å². The van der Waals surface area contributed by atoms with Crippen molar-refractivity contribution in [1.29, 1.82) is 0 Å². The molecule has 2 aromatic heterocycles. The van der Waals surface area contributed by atoms with E-state index in [1.165, 1.54) is 11.9 Å². The number of piperidine rings is 1. The van der Waals surface area contributed by atoms with Crippen LogP contribution in [0.25, 0.3) is 11.2 Å². The molecule has 3 saturated heterocycles. The number of benzene rings is 3. The molecule has 3 fully saturated rings. The monoisotopic (exact) mass is 717 g/mol. The average molecular weight is 718 g/mol. The molecule has 0 saturated carbocycles. The van der Waals surface area contributed by atoms with Crippen molar-refractivity contribution in [3.8, 4) is 0 Å². The third-order valence-corrected chi connectivity index (χ3v) is 11.2. The summed E-state index contributed by atoms with van der Waals surface area (Å²) in [5, 5.41) is 34.9. The molecule has 0 bridgehead atoms. The molecule has 3 aliphatic heterocycles. The molecule has 53 heavy (non-hydrogen) atoms. The zero-order chi connectivity index (χ0) is 36.3. The number of anilines is 2. The summed E-state index contributed by atoms with van der Waals surface area (Å²) in [7, 11) is 0. The van der Waals surface area contributed by atoms with Gasteiger partial charge in [0, 0.05) is 32.1 Å². The van der Waals surface area contributed by atoms with Crippen molar-refractivity contribution in [2.45, 2.75) is 68.6 Å². The van der Waals surface area contributed by atoms with Gasteiger partial charge in [-0.2, -0.15) is 9.97 Å². The first-order valence-electron chi connectivity index (χ1n) is 18.8. The quantitative estimate of drug-likeness (QED) is 0.157. The highest BCUT2D eigenvalue weighted by atomic mass is 16.6. The van der Waals surface area contributed by atoms with Gasteiger partial charge in [-0.1, -0.05) is 91.0 Å². The molecular weight excluding hydrogens is 670 g/mol. The van der Waals surface area contributed by atoms with E-state index in [0.29, 0.717) is 48.4 Å². The summed E-state index contributed by atoms with van der Waals surface area (Å²) in [6.45, 7) is 2.12. The molecule has 12 heteroatoms. The summed E-state index contributed by atoms with van der Waals surface area (Å²) in [6.07, 6.45) is 1.43. The Kier molecular flexibility index (Phi) is 10.4. The van der Waals surface area contributed by atoms with E-state index in [-0.39, 0.29) is 11.8 Å². The van der Waals surface area contributed by atoms with E-state index >= 15 is 0 Å². The number of carbonyl (C=O) groups is 1. The number of nitrogens with one attached hydrogen (secondary N) is 1. The molecule has 276 valence electrons. The third-order valence-electron chi connectivity index (χ3n) is 11.2. The fourth-order valence-corrected chi connectivity index (χ4v) is 8.23. The molecule has 5 aromatic rings. The van der Waals surface area contributed by atoms with Crippen LogP contribution in [0.2, 0.25) is 0 Å². The predicted octanol–water partition coefficient (Wildman–Crippen LogP) is 4.13. The Morgan fingerprint density at radius 1 is 0.849 bits per heavy atom. The van der Waals surface area contributed by atoms with E-state index in [0.717, 1.165) is 49.9 Å². The van der Waals surface area contributed by atoms with Gasteiger partial charge in [-0.15, -0.1) is 0 Å². The summed E-state index contributed by atoms with van der Waals surface area (Å²) >= 11 is 0. The lowest BCUT2D eigenvalue weighted by atomic mass is 9.90. The van der Waals surface area contributed by atoms with Gasteiger partial charge in [0.25, 0.3) is 0 Å². The molecule has 0 unspecified atom stereocenters. The van der Waals surface area contributed by atoms with E-state index in [1.807, 2.05) is 52.3 Å². The second-order valence-electron chi connectivity index (χ2n) is 14.5. The molecule has 0 radical (unpaired) electrons. The molecular formula is C41H47N7O5. The maximum atomic E-state index is 14.2. The summed E-state index contributed by atoms with van der Waals surface area (Å²) in [5.41, 5.74) is 4.49. The summed E-state index contributed by atoms with van der Waals surface area (Å²) in [4.78, 5) is 32.9. The van der Waals surface area contributed by atoms with E-state index in [9.17, 15) is 20.1 Å². The number of likely N-dealkylation sites (tertiary alicyclic amines) is 1. The smallest absolute Gasteiger partial charge is 0.245 e. The summed E-state index contributed by atoms with van der Waals surface area (Å²) in [6, 6.07) is 30.7. The van der Waals surface area contributed by atoms with Gasteiger partial charge in [0.15, 0.2) is 23.2 Å². The maximum absolute atomic E-state index is 14.2. The highest BCUT2D eigenvalue weighted by Crippen LogP contribution is 2.35. The Hall–Kier alpha value is -4.88. The van der Waals surface area contributed by atoms with Gasteiger partial charge in [0.1, 0.15) is 24.4 Å². The van der Waals surface area contributed by atoms with E-state index < -0.39 is 37.2 Å². The van der Waals surface area contributed by atoms with Gasteiger partial charge in [-0.05, 0) is 54.7 Å². The van der Waals surface area contributed by atoms with Crippen LogP contribution in [0.3, 0.4) is 0 Å². The number of aliphatic hydroxyl groups is 3. The van der Waals surface area contributed by atoms with Crippen LogP contribution in [0.1, 0.15) is 54.5 Å². The van der Waals surface area contributed by atoms with Crippen LogP contribution < -0.4 is 10.2 Å². The Balaban J connectivity index is 1.09. The lowest BCUT2D eigenvalue weighted by Gasteiger charge is -2.35. The number of fused-ring (bicyclic) bond motifs is 1. The van der Waals surface area contributed by atoms with Crippen molar-refractivity contribution in [3.63, 3.8) is 0 Å². The van der Waals surface area contributed by atoms with E-state index in [4.69, 9.17) is 14.7 Å². The second-order valence-corrected chi connectivity index (χ2v) is 14.5. The fourth-order valence-electron chi connectivity index (χ4n) is 8.23. The fraction of sp³-hybridized carbons (Fsp3) is 0.415. The molecule has 5 heterocycles. The lowest BCUT2D eigenvalue weighted by Crippen LogP contribution is -2.49. The number of hydrogen-bond acceptors (Lipinski definition) is 10. The highest BCUT2D eigenvalue weighted by Gasteiger charge is 2.44. The number of hydrogen-bond donors (Lipinski definition) is 4. The van der Waals surface area contributed by atoms with Crippen molar-refractivity contribution < 1.29 is 24.9 Å². The molecule has 3 aromatic carbocycles. The van der Waals surface area contributed by atoms with Gasteiger partial charge in [0.2, 0.25) is 11.9 Å². The summed E-state index contributed by atoms with van der Waals surface area (Å²) < 4.78 is 7.50. The number of aliphatic hydroxyl groups excluding tert-OH is 3. The molecule has 1 amide bonds. The van der Waals surface area contributed by atoms with E-state index in [1.54, 1.807) is 4.57 Å². The maximum Gasteiger partial charge on any atom is 0.245 e. The van der Waals surface area contributed by atoms with Crippen LogP contribution in [0.5, 0.6) is 0 Å². The Morgan fingerprint density at radius 3 is 2.15 bits per heavy atom. The number of rotatable bonds is 11. The van der Waals surface area contributed by atoms with Crippen LogP contribution in [0, 0.1) is 5.92 Å². The molecule has 0 spiro atoms. The average Bonchev–Trinajstić information content (AvgIpc) is 3.94. The first-order chi connectivity index (χ1) is 26.0. The number of carbonyl (C=O) groups excluding carboxylic acids is 1. The molecule has 0 aliphatic carbocycles. The lowest BCUT2D eigenvalue weighted by molar-refractivity contribution is -0.133. The number of amides is 1. The number of aromatic nitrogens is 4. The van der Waals surface area contributed by atoms with Gasteiger partial charge in [-0.25, -0.2) is 4.98 Å². The van der Waals surface area contributed by atoms with Crippen molar-refractivity contribution >= 4 is 28.8 Å². The van der Waals surface area contributed by atoms with Gasteiger partial charge < -0.3 is 35.2 Å². The summed E-state index contributed by atoms with van der Waals surface area (Å²) in [5.74, 6) is 1.53. The molecule has 8 rings (SSSR count). The Morgan fingerprint density at radius 2 is 1.51 bits per heavy atom. The first-order valence-corrected chi connectivity index (χ1v) is 18.8. The van der Waals surface area contributed by atoms with Crippen LogP contribution in [0.15, 0.2) is 97.3 Å². The topological polar surface area (TPSA) is 149 Å².